The molecule has 1 saturated heterocycles. The van der Waals surface area contributed by atoms with Crippen LogP contribution in [0.2, 0.25) is 0 Å². The molecule has 108 valence electrons. The number of piperidine rings is 1. The molecule has 0 bridgehead atoms. The lowest BCUT2D eigenvalue weighted by Crippen LogP contribution is -2.41. The van der Waals surface area contributed by atoms with E-state index in [2.05, 4.69) is 30.0 Å². The minimum absolute atomic E-state index is 0.173. The Morgan fingerprint density at radius 1 is 1.40 bits per heavy atom. The predicted molar refractivity (Wildman–Crippen MR) is 84.1 cm³/mol. The Bertz CT molecular complexity index is 502. The second kappa shape index (κ2) is 6.51. The van der Waals surface area contributed by atoms with Crippen LogP contribution in [0.4, 0.5) is 0 Å². The van der Waals surface area contributed by atoms with Gasteiger partial charge in [0.15, 0.2) is 0 Å². The first-order valence-corrected chi connectivity index (χ1v) is 8.17. The van der Waals surface area contributed by atoms with Crippen LogP contribution in [0.25, 0.3) is 0 Å². The molecule has 1 aliphatic rings. The highest BCUT2D eigenvalue weighted by molar-refractivity contribution is 8.00. The Morgan fingerprint density at radius 3 is 2.65 bits per heavy atom. The number of rotatable bonds is 4. The van der Waals surface area contributed by atoms with Crippen LogP contribution < -0.4 is 4.74 Å². The van der Waals surface area contributed by atoms with Crippen molar-refractivity contribution < 1.29 is 4.74 Å². The van der Waals surface area contributed by atoms with Crippen molar-refractivity contribution in [2.24, 2.45) is 0 Å². The topological polar surface area (TPSA) is 36.3 Å². The molecule has 0 spiro atoms. The fourth-order valence-electron chi connectivity index (χ4n) is 2.71. The number of hydrogen-bond donors (Lipinski definition) is 0. The van der Waals surface area contributed by atoms with Crippen LogP contribution in [0.5, 0.6) is 5.75 Å². The molecular formula is C16H22N2OS. The molecule has 0 unspecified atom stereocenters. The molecule has 0 saturated carbocycles. The molecule has 1 heterocycles. The van der Waals surface area contributed by atoms with Crippen molar-refractivity contribution in [2.75, 3.05) is 26.5 Å². The van der Waals surface area contributed by atoms with Crippen LogP contribution in [-0.2, 0) is 6.54 Å². The van der Waals surface area contributed by atoms with Gasteiger partial charge in [0.2, 0.25) is 0 Å². The Labute approximate surface area is 125 Å². The first kappa shape index (κ1) is 15.2. The first-order chi connectivity index (χ1) is 9.62. The van der Waals surface area contributed by atoms with Gasteiger partial charge in [0.25, 0.3) is 0 Å². The van der Waals surface area contributed by atoms with Crippen molar-refractivity contribution in [1.29, 1.82) is 5.26 Å². The fraction of sp³-hybridized carbons (Fsp3) is 0.562. The monoisotopic (exact) mass is 290 g/mol. The lowest BCUT2D eigenvalue weighted by atomic mass is 9.96. The minimum atomic E-state index is -0.173. The normalized spacial score (nSPS) is 18.5. The largest absolute Gasteiger partial charge is 0.496 e. The van der Waals surface area contributed by atoms with Gasteiger partial charge in [0, 0.05) is 25.2 Å². The van der Waals surface area contributed by atoms with E-state index in [1.165, 1.54) is 11.1 Å². The third-order valence-corrected chi connectivity index (χ3v) is 5.37. The zero-order valence-electron chi connectivity index (χ0n) is 12.5. The molecule has 0 atom stereocenters. The lowest BCUT2D eigenvalue weighted by molar-refractivity contribution is 0.207. The van der Waals surface area contributed by atoms with Gasteiger partial charge in [-0.3, -0.25) is 4.90 Å². The second-order valence-corrected chi connectivity index (χ2v) is 6.59. The minimum Gasteiger partial charge on any atom is -0.496 e. The van der Waals surface area contributed by atoms with Gasteiger partial charge in [-0.1, -0.05) is 17.7 Å². The maximum absolute atomic E-state index is 9.33. The molecule has 2 rings (SSSR count). The average Bonchev–Trinajstić information content (AvgIpc) is 2.49. The van der Waals surface area contributed by atoms with Crippen molar-refractivity contribution in [3.05, 3.63) is 29.3 Å². The van der Waals surface area contributed by atoms with Gasteiger partial charge in [-0.25, -0.2) is 0 Å². The zero-order chi connectivity index (χ0) is 14.6. The van der Waals surface area contributed by atoms with E-state index in [0.29, 0.717) is 0 Å². The van der Waals surface area contributed by atoms with Gasteiger partial charge in [-0.05, 0) is 32.1 Å². The molecule has 1 aromatic rings. The number of nitrogens with zero attached hydrogens (tertiary/aromatic N) is 2. The molecular weight excluding hydrogens is 268 g/mol. The number of nitriles is 1. The van der Waals surface area contributed by atoms with Gasteiger partial charge in [0.1, 0.15) is 10.5 Å². The summed E-state index contributed by atoms with van der Waals surface area (Å²) < 4.78 is 5.27. The van der Waals surface area contributed by atoms with Crippen LogP contribution in [0.3, 0.4) is 0 Å². The van der Waals surface area contributed by atoms with Gasteiger partial charge in [-0.2, -0.15) is 5.26 Å². The Morgan fingerprint density at radius 2 is 2.10 bits per heavy atom. The van der Waals surface area contributed by atoms with E-state index < -0.39 is 0 Å². The van der Waals surface area contributed by atoms with E-state index in [0.717, 1.165) is 38.2 Å². The number of aryl methyl sites for hydroxylation is 1. The quantitative estimate of drug-likeness (QED) is 0.853. The number of hydrogen-bond acceptors (Lipinski definition) is 4. The number of benzene rings is 1. The summed E-state index contributed by atoms with van der Waals surface area (Å²) in [6.07, 6.45) is 3.93. The highest BCUT2D eigenvalue weighted by Crippen LogP contribution is 2.34. The van der Waals surface area contributed by atoms with E-state index in [4.69, 9.17) is 4.74 Å². The third-order valence-electron chi connectivity index (χ3n) is 4.09. The summed E-state index contributed by atoms with van der Waals surface area (Å²) in [4.78, 5) is 2.42. The zero-order valence-corrected chi connectivity index (χ0v) is 13.3. The number of thioether (sulfide) groups is 1. The van der Waals surface area contributed by atoms with Gasteiger partial charge >= 0.3 is 0 Å². The molecule has 1 aliphatic heterocycles. The maximum atomic E-state index is 9.33. The van der Waals surface area contributed by atoms with Crippen molar-refractivity contribution in [2.45, 2.75) is 31.1 Å². The molecule has 0 aromatic heterocycles. The second-order valence-electron chi connectivity index (χ2n) is 5.40. The summed E-state index contributed by atoms with van der Waals surface area (Å²) in [6.45, 7) is 4.96. The highest BCUT2D eigenvalue weighted by Gasteiger charge is 2.33. The Balaban J connectivity index is 2.03. The SMILES string of the molecule is COc1ccc(C)cc1CN1CCC(C#N)(SC)CC1. The Kier molecular flexibility index (Phi) is 4.95. The van der Waals surface area contributed by atoms with E-state index in [1.54, 1.807) is 18.9 Å². The molecule has 0 radical (unpaired) electrons. The van der Waals surface area contributed by atoms with Gasteiger partial charge < -0.3 is 4.74 Å². The third kappa shape index (κ3) is 3.28. The van der Waals surface area contributed by atoms with E-state index in [9.17, 15) is 5.26 Å². The standard InChI is InChI=1S/C16H22N2OS/c1-13-4-5-15(19-2)14(10-13)11-18-8-6-16(12-17,20-3)7-9-18/h4-5,10H,6-9,11H2,1-3H3. The number of ether oxygens (including phenoxy) is 1. The summed E-state index contributed by atoms with van der Waals surface area (Å²) in [6, 6.07) is 8.80. The molecule has 0 amide bonds. The predicted octanol–water partition coefficient (Wildman–Crippen LogP) is 3.22. The molecule has 3 nitrogen and oxygen atoms in total. The lowest BCUT2D eigenvalue weighted by Gasteiger charge is -2.36. The summed E-state index contributed by atoms with van der Waals surface area (Å²) in [7, 11) is 1.72. The number of methoxy groups -OCH3 is 1. The number of likely N-dealkylation sites (tertiary alicyclic amines) is 1. The molecule has 1 aromatic carbocycles. The van der Waals surface area contributed by atoms with Crippen molar-refractivity contribution >= 4 is 11.8 Å². The van der Waals surface area contributed by atoms with Crippen LogP contribution in [-0.4, -0.2) is 36.1 Å². The molecule has 20 heavy (non-hydrogen) atoms. The summed E-state index contributed by atoms with van der Waals surface area (Å²) in [5.41, 5.74) is 2.49. The van der Waals surface area contributed by atoms with E-state index >= 15 is 0 Å². The maximum Gasteiger partial charge on any atom is 0.123 e. The summed E-state index contributed by atoms with van der Waals surface area (Å²) in [5, 5.41) is 9.33. The molecule has 4 heteroatoms. The van der Waals surface area contributed by atoms with Gasteiger partial charge in [-0.15, -0.1) is 11.8 Å². The van der Waals surface area contributed by atoms with Crippen molar-refractivity contribution in [3.8, 4) is 11.8 Å². The highest BCUT2D eigenvalue weighted by atomic mass is 32.2. The molecule has 1 fully saturated rings. The summed E-state index contributed by atoms with van der Waals surface area (Å²) >= 11 is 1.70. The van der Waals surface area contributed by atoms with E-state index in [1.807, 2.05) is 12.3 Å². The first-order valence-electron chi connectivity index (χ1n) is 6.95. The van der Waals surface area contributed by atoms with Gasteiger partial charge in [0.05, 0.1) is 13.2 Å². The fourth-order valence-corrected chi connectivity index (χ4v) is 3.39. The van der Waals surface area contributed by atoms with Crippen molar-refractivity contribution in [1.82, 2.24) is 4.90 Å². The van der Waals surface area contributed by atoms with Crippen LogP contribution in [0.15, 0.2) is 18.2 Å². The molecule has 0 N–H and O–H groups in total. The smallest absolute Gasteiger partial charge is 0.123 e. The van der Waals surface area contributed by atoms with Crippen LogP contribution in [0.1, 0.15) is 24.0 Å². The van der Waals surface area contributed by atoms with E-state index in [-0.39, 0.29) is 4.75 Å². The summed E-state index contributed by atoms with van der Waals surface area (Å²) in [5.74, 6) is 0.956. The molecule has 0 aliphatic carbocycles. The van der Waals surface area contributed by atoms with Crippen LogP contribution >= 0.6 is 11.8 Å². The van der Waals surface area contributed by atoms with Crippen molar-refractivity contribution in [3.63, 3.8) is 0 Å². The Hall–Kier alpha value is -1.18. The van der Waals surface area contributed by atoms with Crippen LogP contribution in [0, 0.1) is 18.3 Å². The average molecular weight is 290 g/mol.